The quantitative estimate of drug-likeness (QED) is 0.781. The monoisotopic (exact) mass is 289 g/mol. The normalized spacial score (nSPS) is 23.7. The lowest BCUT2D eigenvalue weighted by Gasteiger charge is -2.39. The summed E-state index contributed by atoms with van der Waals surface area (Å²) in [5.74, 6) is 0.544. The van der Waals surface area contributed by atoms with Crippen molar-refractivity contribution in [1.82, 2.24) is 0 Å². The average Bonchev–Trinajstić information content (AvgIpc) is 2.35. The van der Waals surface area contributed by atoms with Crippen molar-refractivity contribution in [3.05, 3.63) is 29.3 Å². The van der Waals surface area contributed by atoms with Crippen LogP contribution in [0.3, 0.4) is 0 Å². The largest absolute Gasteiger partial charge is 0.372 e. The Bertz CT molecular complexity index is 477. The molecule has 0 aromatic heterocycles. The van der Waals surface area contributed by atoms with Crippen LogP contribution < -0.4 is 4.90 Å². The number of nitrogens with zero attached hydrogens (tertiary/aromatic N) is 1. The molecule has 0 bridgehead atoms. The maximum absolute atomic E-state index is 5.89. The van der Waals surface area contributed by atoms with Crippen LogP contribution in [0.4, 0.5) is 5.69 Å². The second-order valence-corrected chi connectivity index (χ2v) is 7.84. The van der Waals surface area contributed by atoms with Gasteiger partial charge in [0.1, 0.15) is 0 Å². The lowest BCUT2D eigenvalue weighted by Crippen LogP contribution is -2.46. The van der Waals surface area contributed by atoms with Crippen molar-refractivity contribution in [1.29, 1.82) is 0 Å². The van der Waals surface area contributed by atoms with Gasteiger partial charge in [0.15, 0.2) is 0 Å². The first-order valence-electron chi connectivity index (χ1n) is 8.23. The molecule has 0 saturated carbocycles. The van der Waals surface area contributed by atoms with E-state index in [9.17, 15) is 0 Å². The van der Waals surface area contributed by atoms with Gasteiger partial charge in [-0.3, -0.25) is 0 Å². The summed E-state index contributed by atoms with van der Waals surface area (Å²) in [5.41, 5.74) is 4.45. The molecule has 21 heavy (non-hydrogen) atoms. The minimum Gasteiger partial charge on any atom is -0.372 e. The minimum absolute atomic E-state index is 0.188. The molecular formula is C19H31NO. The predicted octanol–water partition coefficient (Wildman–Crippen LogP) is 4.72. The first kappa shape index (κ1) is 16.4. The van der Waals surface area contributed by atoms with Crippen molar-refractivity contribution in [2.24, 2.45) is 0 Å². The molecule has 1 aliphatic heterocycles. The Labute approximate surface area is 130 Å². The highest BCUT2D eigenvalue weighted by molar-refractivity contribution is 5.58. The lowest BCUT2D eigenvalue weighted by atomic mass is 9.84. The number of benzene rings is 1. The van der Waals surface area contributed by atoms with Crippen LogP contribution in [-0.4, -0.2) is 25.3 Å². The molecule has 0 unspecified atom stereocenters. The molecule has 1 aromatic rings. The summed E-state index contributed by atoms with van der Waals surface area (Å²) in [4.78, 5) is 2.52. The van der Waals surface area contributed by atoms with E-state index < -0.39 is 0 Å². The standard InChI is InChI=1S/C19H31NO/c1-13(2)17-9-8-16(19(5,6)7)10-18(17)20-11-14(3)21-15(4)12-20/h8-10,13-15H,11-12H2,1-7H3/t14-,15-/m0/s1. The van der Waals surface area contributed by atoms with Gasteiger partial charge in [0.25, 0.3) is 0 Å². The third-order valence-corrected chi connectivity index (χ3v) is 4.28. The minimum atomic E-state index is 0.188. The number of morpholine rings is 1. The van der Waals surface area contributed by atoms with Crippen LogP contribution in [0.15, 0.2) is 18.2 Å². The lowest BCUT2D eigenvalue weighted by molar-refractivity contribution is -0.00528. The van der Waals surface area contributed by atoms with Crippen LogP contribution >= 0.6 is 0 Å². The summed E-state index contributed by atoms with van der Waals surface area (Å²) < 4.78 is 5.89. The highest BCUT2D eigenvalue weighted by atomic mass is 16.5. The van der Waals surface area contributed by atoms with Gasteiger partial charge in [-0.25, -0.2) is 0 Å². The number of rotatable bonds is 2. The molecule has 2 atom stereocenters. The Balaban J connectivity index is 2.43. The fourth-order valence-corrected chi connectivity index (χ4v) is 3.15. The Morgan fingerprint density at radius 1 is 1.10 bits per heavy atom. The smallest absolute Gasteiger partial charge is 0.0726 e. The fraction of sp³-hybridized carbons (Fsp3) is 0.684. The summed E-state index contributed by atoms with van der Waals surface area (Å²) in [6.07, 6.45) is 0.596. The summed E-state index contributed by atoms with van der Waals surface area (Å²) in [6, 6.07) is 7.03. The molecule has 1 saturated heterocycles. The van der Waals surface area contributed by atoms with Gasteiger partial charge in [0.05, 0.1) is 12.2 Å². The highest BCUT2D eigenvalue weighted by Gasteiger charge is 2.26. The molecule has 2 rings (SSSR count). The molecule has 0 spiro atoms. The van der Waals surface area contributed by atoms with E-state index in [1.807, 2.05) is 0 Å². The number of hydrogen-bond acceptors (Lipinski definition) is 2. The summed E-state index contributed by atoms with van der Waals surface area (Å²) in [7, 11) is 0. The Kier molecular flexibility index (Phi) is 4.67. The van der Waals surface area contributed by atoms with Crippen LogP contribution in [0.1, 0.15) is 65.5 Å². The van der Waals surface area contributed by atoms with Crippen molar-refractivity contribution >= 4 is 5.69 Å². The maximum atomic E-state index is 5.89. The summed E-state index contributed by atoms with van der Waals surface area (Å²) >= 11 is 0. The predicted molar refractivity (Wildman–Crippen MR) is 91.5 cm³/mol. The Morgan fingerprint density at radius 3 is 2.14 bits per heavy atom. The molecule has 1 fully saturated rings. The molecule has 0 radical (unpaired) electrons. The van der Waals surface area contributed by atoms with E-state index in [1.54, 1.807) is 0 Å². The summed E-state index contributed by atoms with van der Waals surface area (Å²) in [5, 5.41) is 0. The third kappa shape index (κ3) is 3.79. The van der Waals surface area contributed by atoms with E-state index in [4.69, 9.17) is 4.74 Å². The molecule has 118 valence electrons. The number of ether oxygens (including phenoxy) is 1. The zero-order valence-electron chi connectivity index (χ0n) is 14.7. The van der Waals surface area contributed by atoms with Crippen molar-refractivity contribution in [2.75, 3.05) is 18.0 Å². The molecule has 2 heteroatoms. The molecule has 0 N–H and O–H groups in total. The maximum Gasteiger partial charge on any atom is 0.0726 e. The van der Waals surface area contributed by atoms with Crippen LogP contribution in [0.2, 0.25) is 0 Å². The van der Waals surface area contributed by atoms with E-state index in [2.05, 4.69) is 71.6 Å². The van der Waals surface area contributed by atoms with Gasteiger partial charge in [0.2, 0.25) is 0 Å². The van der Waals surface area contributed by atoms with Gasteiger partial charge >= 0.3 is 0 Å². The Morgan fingerprint density at radius 2 is 1.67 bits per heavy atom. The van der Waals surface area contributed by atoms with Gasteiger partial charge in [0, 0.05) is 18.8 Å². The van der Waals surface area contributed by atoms with Crippen LogP contribution in [0, 0.1) is 0 Å². The van der Waals surface area contributed by atoms with E-state index in [0.29, 0.717) is 18.1 Å². The second-order valence-electron chi connectivity index (χ2n) is 7.84. The van der Waals surface area contributed by atoms with Crippen molar-refractivity contribution in [3.63, 3.8) is 0 Å². The van der Waals surface area contributed by atoms with E-state index in [-0.39, 0.29) is 5.41 Å². The fourth-order valence-electron chi connectivity index (χ4n) is 3.15. The molecule has 2 nitrogen and oxygen atoms in total. The van der Waals surface area contributed by atoms with Crippen molar-refractivity contribution in [3.8, 4) is 0 Å². The van der Waals surface area contributed by atoms with Crippen LogP contribution in [-0.2, 0) is 10.2 Å². The first-order valence-corrected chi connectivity index (χ1v) is 8.23. The van der Waals surface area contributed by atoms with Crippen molar-refractivity contribution < 1.29 is 4.74 Å². The zero-order chi connectivity index (χ0) is 15.8. The third-order valence-electron chi connectivity index (χ3n) is 4.28. The van der Waals surface area contributed by atoms with E-state index in [1.165, 1.54) is 16.8 Å². The second kappa shape index (κ2) is 6.00. The summed E-state index contributed by atoms with van der Waals surface area (Å²) in [6.45, 7) is 17.7. The van der Waals surface area contributed by atoms with Crippen LogP contribution in [0.5, 0.6) is 0 Å². The van der Waals surface area contributed by atoms with E-state index in [0.717, 1.165) is 13.1 Å². The number of anilines is 1. The molecule has 1 aromatic carbocycles. The SMILES string of the molecule is CC(C)c1ccc(C(C)(C)C)cc1N1C[C@H](C)O[C@@H](C)C1. The first-order chi connectivity index (χ1) is 9.68. The highest BCUT2D eigenvalue weighted by Crippen LogP contribution is 2.34. The van der Waals surface area contributed by atoms with Gasteiger partial charge < -0.3 is 9.64 Å². The molecule has 1 heterocycles. The number of hydrogen-bond donors (Lipinski definition) is 0. The molecular weight excluding hydrogens is 258 g/mol. The zero-order valence-corrected chi connectivity index (χ0v) is 14.7. The van der Waals surface area contributed by atoms with Crippen LogP contribution in [0.25, 0.3) is 0 Å². The van der Waals surface area contributed by atoms with Gasteiger partial charge in [-0.2, -0.15) is 0 Å². The van der Waals surface area contributed by atoms with Crippen molar-refractivity contribution in [2.45, 2.75) is 72.0 Å². The van der Waals surface area contributed by atoms with E-state index >= 15 is 0 Å². The van der Waals surface area contributed by atoms with Gasteiger partial charge in [-0.15, -0.1) is 0 Å². The Hall–Kier alpha value is -1.02. The molecule has 0 aliphatic carbocycles. The molecule has 0 amide bonds. The average molecular weight is 289 g/mol. The molecule has 1 aliphatic rings. The van der Waals surface area contributed by atoms with Gasteiger partial charge in [-0.05, 0) is 42.4 Å². The topological polar surface area (TPSA) is 12.5 Å². The van der Waals surface area contributed by atoms with Gasteiger partial charge in [-0.1, -0.05) is 46.8 Å².